The molecule has 2 aliphatic rings. The number of amides is 2. The van der Waals surface area contributed by atoms with Gasteiger partial charge < -0.3 is 20.3 Å². The van der Waals surface area contributed by atoms with Crippen molar-refractivity contribution in [3.8, 4) is 0 Å². The summed E-state index contributed by atoms with van der Waals surface area (Å²) >= 11 is 0. The molecule has 6 heteroatoms. The molecule has 27 heavy (non-hydrogen) atoms. The molecular formula is C21H30N3O3+. The predicted octanol–water partition coefficient (Wildman–Crippen LogP) is 1.40. The SMILES string of the molecule is COC(=O)C1=C(C[NH+]2CCC(C)CC2)NC(=O)N[C@@H]1c1ccc(C)cc1C. The van der Waals surface area contributed by atoms with E-state index in [4.69, 9.17) is 4.74 Å². The van der Waals surface area contributed by atoms with Crippen LogP contribution in [0.2, 0.25) is 0 Å². The number of nitrogens with one attached hydrogen (secondary N) is 3. The fourth-order valence-corrected chi connectivity index (χ4v) is 4.09. The maximum Gasteiger partial charge on any atom is 0.338 e. The number of carbonyl (C=O) groups excluding carboxylic acids is 2. The molecule has 0 saturated carbocycles. The summed E-state index contributed by atoms with van der Waals surface area (Å²) in [6.07, 6.45) is 2.34. The maximum atomic E-state index is 12.7. The Hall–Kier alpha value is -2.34. The van der Waals surface area contributed by atoms with Crippen molar-refractivity contribution in [2.24, 2.45) is 5.92 Å². The number of methoxy groups -OCH3 is 1. The van der Waals surface area contributed by atoms with Crippen LogP contribution in [0.1, 0.15) is 42.5 Å². The summed E-state index contributed by atoms with van der Waals surface area (Å²) in [6, 6.07) is 5.28. The second kappa shape index (κ2) is 8.13. The van der Waals surface area contributed by atoms with Crippen LogP contribution in [0.25, 0.3) is 0 Å². The number of piperidine rings is 1. The average molecular weight is 372 g/mol. The molecule has 1 aromatic carbocycles. The number of carbonyl (C=O) groups is 2. The fourth-order valence-electron chi connectivity index (χ4n) is 4.09. The van der Waals surface area contributed by atoms with Crippen molar-refractivity contribution in [2.75, 3.05) is 26.7 Å². The van der Waals surface area contributed by atoms with Crippen molar-refractivity contribution in [2.45, 2.75) is 39.7 Å². The number of hydrogen-bond acceptors (Lipinski definition) is 3. The van der Waals surface area contributed by atoms with E-state index in [1.165, 1.54) is 24.9 Å². The third kappa shape index (κ3) is 4.33. The number of rotatable bonds is 4. The number of likely N-dealkylation sites (tertiary alicyclic amines) is 1. The summed E-state index contributed by atoms with van der Waals surface area (Å²) in [7, 11) is 1.39. The zero-order valence-corrected chi connectivity index (χ0v) is 16.6. The number of esters is 1. The van der Waals surface area contributed by atoms with Gasteiger partial charge in [-0.3, -0.25) is 0 Å². The van der Waals surface area contributed by atoms with Gasteiger partial charge in [-0.2, -0.15) is 0 Å². The molecule has 1 saturated heterocycles. The molecule has 0 spiro atoms. The number of hydrogen-bond donors (Lipinski definition) is 3. The van der Waals surface area contributed by atoms with E-state index in [1.807, 2.05) is 26.0 Å². The van der Waals surface area contributed by atoms with Crippen molar-refractivity contribution in [3.05, 3.63) is 46.2 Å². The summed E-state index contributed by atoms with van der Waals surface area (Å²) < 4.78 is 5.08. The van der Waals surface area contributed by atoms with Gasteiger partial charge in [0.15, 0.2) is 0 Å². The topological polar surface area (TPSA) is 71.9 Å². The van der Waals surface area contributed by atoms with E-state index in [2.05, 4.69) is 23.6 Å². The minimum absolute atomic E-state index is 0.271. The fraction of sp³-hybridized carbons (Fsp3) is 0.524. The zero-order valence-electron chi connectivity index (χ0n) is 16.6. The summed E-state index contributed by atoms with van der Waals surface area (Å²) in [5.41, 5.74) is 4.31. The Balaban J connectivity index is 1.98. The second-order valence-electron chi connectivity index (χ2n) is 7.88. The smallest absolute Gasteiger partial charge is 0.338 e. The quantitative estimate of drug-likeness (QED) is 0.700. The molecule has 0 radical (unpaired) electrons. The third-order valence-corrected chi connectivity index (χ3v) is 5.70. The summed E-state index contributed by atoms with van der Waals surface area (Å²) in [5, 5.41) is 5.79. The van der Waals surface area contributed by atoms with Gasteiger partial charge in [0.25, 0.3) is 0 Å². The number of ether oxygens (including phenoxy) is 1. The minimum Gasteiger partial charge on any atom is -0.466 e. The molecular weight excluding hydrogens is 342 g/mol. The lowest BCUT2D eigenvalue weighted by Crippen LogP contribution is -3.13. The monoisotopic (exact) mass is 372 g/mol. The van der Waals surface area contributed by atoms with E-state index in [-0.39, 0.29) is 6.03 Å². The van der Waals surface area contributed by atoms with Crippen LogP contribution in [0.15, 0.2) is 29.5 Å². The van der Waals surface area contributed by atoms with Gasteiger partial charge in [-0.25, -0.2) is 9.59 Å². The van der Waals surface area contributed by atoms with Gasteiger partial charge in [-0.15, -0.1) is 0 Å². The van der Waals surface area contributed by atoms with Gasteiger partial charge in [0.05, 0.1) is 37.5 Å². The van der Waals surface area contributed by atoms with E-state index in [9.17, 15) is 9.59 Å². The van der Waals surface area contributed by atoms with Crippen LogP contribution >= 0.6 is 0 Å². The molecule has 3 N–H and O–H groups in total. The lowest BCUT2D eigenvalue weighted by Gasteiger charge is -2.33. The van der Waals surface area contributed by atoms with E-state index in [1.54, 1.807) is 0 Å². The molecule has 2 amide bonds. The first kappa shape index (κ1) is 19.4. The number of urea groups is 1. The van der Waals surface area contributed by atoms with Gasteiger partial charge in [0, 0.05) is 0 Å². The molecule has 1 atom stereocenters. The molecule has 0 unspecified atom stereocenters. The molecule has 2 heterocycles. The van der Waals surface area contributed by atoms with E-state index >= 15 is 0 Å². The number of benzene rings is 1. The summed E-state index contributed by atoms with van der Waals surface area (Å²) in [4.78, 5) is 26.4. The molecule has 6 nitrogen and oxygen atoms in total. The predicted molar refractivity (Wildman–Crippen MR) is 103 cm³/mol. The standard InChI is InChI=1S/C21H29N3O3/c1-13-7-9-24(10-8-13)12-17-18(20(25)27-4)19(23-21(26)22-17)16-6-5-14(2)11-15(16)3/h5-6,11,13,19H,7-10,12H2,1-4H3,(H2,22,23,26)/p+1/t19-/m1/s1. The largest absolute Gasteiger partial charge is 0.466 e. The highest BCUT2D eigenvalue weighted by molar-refractivity contribution is 5.95. The van der Waals surface area contributed by atoms with E-state index < -0.39 is 12.0 Å². The molecule has 0 bridgehead atoms. The Morgan fingerprint density at radius 3 is 2.59 bits per heavy atom. The molecule has 1 aromatic rings. The lowest BCUT2D eigenvalue weighted by atomic mass is 9.91. The van der Waals surface area contributed by atoms with Crippen LogP contribution in [0, 0.1) is 19.8 Å². The first-order chi connectivity index (χ1) is 12.9. The zero-order chi connectivity index (χ0) is 19.6. The van der Waals surface area contributed by atoms with Crippen molar-refractivity contribution < 1.29 is 19.2 Å². The molecule has 2 aliphatic heterocycles. The summed E-state index contributed by atoms with van der Waals surface area (Å²) in [6.45, 7) is 9.04. The van der Waals surface area contributed by atoms with Gasteiger partial charge in [0.1, 0.15) is 6.54 Å². The van der Waals surface area contributed by atoms with Crippen LogP contribution < -0.4 is 15.5 Å². The first-order valence-corrected chi connectivity index (χ1v) is 9.68. The normalized spacial score (nSPS) is 25.6. The Morgan fingerprint density at radius 2 is 1.96 bits per heavy atom. The first-order valence-electron chi connectivity index (χ1n) is 9.68. The van der Waals surface area contributed by atoms with E-state index in [0.717, 1.165) is 35.7 Å². The highest BCUT2D eigenvalue weighted by atomic mass is 16.5. The summed E-state index contributed by atoms with van der Waals surface area (Å²) in [5.74, 6) is 0.348. The second-order valence-corrected chi connectivity index (χ2v) is 7.88. The van der Waals surface area contributed by atoms with Crippen LogP contribution in [0.4, 0.5) is 4.79 Å². The average Bonchev–Trinajstić information content (AvgIpc) is 2.62. The maximum absolute atomic E-state index is 12.7. The Morgan fingerprint density at radius 1 is 1.26 bits per heavy atom. The van der Waals surface area contributed by atoms with Crippen molar-refractivity contribution in [1.29, 1.82) is 0 Å². The highest BCUT2D eigenvalue weighted by Gasteiger charge is 2.36. The molecule has 0 aromatic heterocycles. The minimum atomic E-state index is -0.495. The van der Waals surface area contributed by atoms with Gasteiger partial charge >= 0.3 is 12.0 Å². The van der Waals surface area contributed by atoms with Gasteiger partial charge in [-0.05, 0) is 43.7 Å². The van der Waals surface area contributed by atoms with Crippen molar-refractivity contribution >= 4 is 12.0 Å². The molecule has 146 valence electrons. The number of aryl methyl sites for hydroxylation is 2. The van der Waals surface area contributed by atoms with Crippen molar-refractivity contribution in [1.82, 2.24) is 10.6 Å². The van der Waals surface area contributed by atoms with Crippen molar-refractivity contribution in [3.63, 3.8) is 0 Å². The number of quaternary nitrogens is 1. The van der Waals surface area contributed by atoms with Crippen LogP contribution in [-0.2, 0) is 9.53 Å². The third-order valence-electron chi connectivity index (χ3n) is 5.70. The highest BCUT2D eigenvalue weighted by Crippen LogP contribution is 2.30. The Bertz CT molecular complexity index is 764. The van der Waals surface area contributed by atoms with Crippen LogP contribution in [0.5, 0.6) is 0 Å². The Kier molecular flexibility index (Phi) is 5.85. The van der Waals surface area contributed by atoms with Crippen LogP contribution in [0.3, 0.4) is 0 Å². The van der Waals surface area contributed by atoms with Crippen LogP contribution in [-0.4, -0.2) is 38.7 Å². The molecule has 0 aliphatic carbocycles. The Labute approximate surface area is 161 Å². The lowest BCUT2D eigenvalue weighted by molar-refractivity contribution is -0.901. The van der Waals surface area contributed by atoms with Gasteiger partial charge in [0.2, 0.25) is 0 Å². The van der Waals surface area contributed by atoms with Gasteiger partial charge in [-0.1, -0.05) is 30.7 Å². The molecule has 3 rings (SSSR count). The van der Waals surface area contributed by atoms with E-state index in [0.29, 0.717) is 17.8 Å². The molecule has 1 fully saturated rings.